The Bertz CT molecular complexity index is 1350. The minimum Gasteiger partial charge on any atom is -0.379 e. The lowest BCUT2D eigenvalue weighted by Gasteiger charge is -2.34. The van der Waals surface area contributed by atoms with Gasteiger partial charge in [0.1, 0.15) is 0 Å². The molecule has 2 atom stereocenters. The van der Waals surface area contributed by atoms with Gasteiger partial charge in [0.25, 0.3) is 17.7 Å². The Morgan fingerprint density at radius 3 is 2.38 bits per heavy atom. The molecule has 0 aliphatic carbocycles. The van der Waals surface area contributed by atoms with Crippen LogP contribution in [0.1, 0.15) is 58.8 Å². The van der Waals surface area contributed by atoms with Crippen molar-refractivity contribution in [2.45, 2.75) is 33.7 Å². The van der Waals surface area contributed by atoms with Crippen molar-refractivity contribution < 1.29 is 23.9 Å². The number of ether oxygens (including phenoxy) is 2. The summed E-state index contributed by atoms with van der Waals surface area (Å²) in [6, 6.07) is 3.69. The van der Waals surface area contributed by atoms with Gasteiger partial charge in [-0.25, -0.2) is 4.99 Å². The Morgan fingerprint density at radius 2 is 1.72 bits per heavy atom. The molecule has 0 saturated carbocycles. The number of aliphatic imine (C=N–C) groups is 1. The molecule has 2 aromatic heterocycles. The number of nitrogens with zero attached hydrogens (tertiary/aromatic N) is 4. The van der Waals surface area contributed by atoms with E-state index in [0.29, 0.717) is 56.4 Å². The second-order valence-corrected chi connectivity index (χ2v) is 10.6. The lowest BCUT2D eigenvalue weighted by atomic mass is 9.95. The highest BCUT2D eigenvalue weighted by Gasteiger charge is 2.29. The van der Waals surface area contributed by atoms with E-state index in [4.69, 9.17) is 9.47 Å². The molecule has 208 valence electrons. The van der Waals surface area contributed by atoms with Crippen LogP contribution in [0.15, 0.2) is 35.0 Å². The molecule has 10 heteroatoms. The zero-order chi connectivity index (χ0) is 27.7. The number of carbonyl (C=O) groups is 3. The van der Waals surface area contributed by atoms with Gasteiger partial charge < -0.3 is 24.1 Å². The molecule has 2 saturated heterocycles. The monoisotopic (exact) mass is 535 g/mol. The van der Waals surface area contributed by atoms with Crippen molar-refractivity contribution in [1.82, 2.24) is 19.5 Å². The molecule has 39 heavy (non-hydrogen) atoms. The lowest BCUT2D eigenvalue weighted by Crippen LogP contribution is -2.40. The zero-order valence-corrected chi connectivity index (χ0v) is 23.2. The van der Waals surface area contributed by atoms with E-state index in [1.807, 2.05) is 43.2 Å². The fourth-order valence-corrected chi connectivity index (χ4v) is 5.78. The van der Waals surface area contributed by atoms with Crippen molar-refractivity contribution in [2.75, 3.05) is 59.2 Å². The molecule has 3 amide bonds. The van der Waals surface area contributed by atoms with Gasteiger partial charge in [0.05, 0.1) is 37.9 Å². The molecule has 3 aliphatic rings. The molecule has 0 aromatic carbocycles. The number of carbonyl (C=O) groups excluding carboxylic acids is 3. The molecule has 1 N–H and O–H groups in total. The standard InChI is InChI=1S/C29H37N5O5/c1-18-13-19(2)31-28(36)25(18)16-30-27(35)24-15-23-14-22(29(37)33-7-11-39-12-8-33)17-34(23)26(20(24)3)21(4)32-5-9-38-10-6-32/h13-15,17,21,25H,5-12,16H2,1-4H3,(H,30,35). The first-order valence-electron chi connectivity index (χ1n) is 13.6. The van der Waals surface area contributed by atoms with Crippen LogP contribution in [-0.4, -0.2) is 96.8 Å². The van der Waals surface area contributed by atoms with Crippen molar-refractivity contribution in [1.29, 1.82) is 0 Å². The molecule has 2 fully saturated rings. The predicted octanol–water partition coefficient (Wildman–Crippen LogP) is 2.41. The summed E-state index contributed by atoms with van der Waals surface area (Å²) in [5.41, 5.74) is 5.28. The van der Waals surface area contributed by atoms with E-state index in [0.717, 1.165) is 35.4 Å². The Hall–Kier alpha value is -3.34. The summed E-state index contributed by atoms with van der Waals surface area (Å²) in [5.74, 6) is -0.997. The Kier molecular flexibility index (Phi) is 7.97. The van der Waals surface area contributed by atoms with Crippen molar-refractivity contribution in [3.05, 3.63) is 52.4 Å². The molecule has 5 heterocycles. The molecule has 0 radical (unpaired) electrons. The third-order valence-corrected chi connectivity index (χ3v) is 8.01. The summed E-state index contributed by atoms with van der Waals surface area (Å²) in [4.78, 5) is 47.6. The number of hydrogen-bond acceptors (Lipinski definition) is 6. The molecular weight excluding hydrogens is 498 g/mol. The van der Waals surface area contributed by atoms with E-state index in [-0.39, 0.29) is 30.3 Å². The number of aromatic nitrogens is 1. The fourth-order valence-electron chi connectivity index (χ4n) is 5.78. The molecular formula is C29H37N5O5. The van der Waals surface area contributed by atoms with Gasteiger partial charge in [0.2, 0.25) is 0 Å². The number of morpholine rings is 2. The SMILES string of the molecule is CC1=CC(C)=NC(=O)C1CNC(=O)c1cc2cc(C(=O)N3CCOCC3)cn2c(C(C)N2CCOCC2)c1C. The van der Waals surface area contributed by atoms with E-state index in [9.17, 15) is 14.4 Å². The summed E-state index contributed by atoms with van der Waals surface area (Å²) in [6.45, 7) is 13.0. The number of fused-ring (bicyclic) bond motifs is 1. The molecule has 0 spiro atoms. The van der Waals surface area contributed by atoms with Crippen LogP contribution >= 0.6 is 0 Å². The fraction of sp³-hybridized carbons (Fsp3) is 0.517. The minimum atomic E-state index is -0.473. The van der Waals surface area contributed by atoms with E-state index < -0.39 is 5.92 Å². The summed E-state index contributed by atoms with van der Waals surface area (Å²) in [5, 5.41) is 2.98. The van der Waals surface area contributed by atoms with Crippen LogP contribution in [0, 0.1) is 12.8 Å². The van der Waals surface area contributed by atoms with E-state index >= 15 is 0 Å². The molecule has 3 aliphatic heterocycles. The highest BCUT2D eigenvalue weighted by molar-refractivity contribution is 6.06. The summed E-state index contributed by atoms with van der Waals surface area (Å²) in [7, 11) is 0. The Morgan fingerprint density at radius 1 is 1.05 bits per heavy atom. The summed E-state index contributed by atoms with van der Waals surface area (Å²) in [6.07, 6.45) is 3.77. The highest BCUT2D eigenvalue weighted by Crippen LogP contribution is 2.30. The van der Waals surface area contributed by atoms with Crippen LogP contribution in [0.2, 0.25) is 0 Å². The maximum atomic E-state index is 13.6. The van der Waals surface area contributed by atoms with E-state index in [1.165, 1.54) is 0 Å². The lowest BCUT2D eigenvalue weighted by molar-refractivity contribution is -0.120. The van der Waals surface area contributed by atoms with Crippen molar-refractivity contribution in [3.8, 4) is 0 Å². The first-order chi connectivity index (χ1) is 18.7. The maximum absolute atomic E-state index is 13.6. The van der Waals surface area contributed by atoms with Gasteiger partial charge in [-0.3, -0.25) is 19.3 Å². The van der Waals surface area contributed by atoms with Gasteiger partial charge in [-0.15, -0.1) is 0 Å². The largest absolute Gasteiger partial charge is 0.379 e. The quantitative estimate of drug-likeness (QED) is 0.609. The topological polar surface area (TPSA) is 105 Å². The van der Waals surface area contributed by atoms with Crippen LogP contribution in [0.3, 0.4) is 0 Å². The highest BCUT2D eigenvalue weighted by atomic mass is 16.5. The van der Waals surface area contributed by atoms with Gasteiger partial charge in [0.15, 0.2) is 0 Å². The van der Waals surface area contributed by atoms with Crippen LogP contribution in [0.5, 0.6) is 0 Å². The molecule has 10 nitrogen and oxygen atoms in total. The minimum absolute atomic E-state index is 0.00898. The van der Waals surface area contributed by atoms with Crippen LogP contribution in [0.4, 0.5) is 0 Å². The van der Waals surface area contributed by atoms with Gasteiger partial charge in [0, 0.05) is 67.4 Å². The number of hydrogen-bond donors (Lipinski definition) is 1. The third-order valence-electron chi connectivity index (χ3n) is 8.01. The average molecular weight is 536 g/mol. The number of pyridine rings is 1. The second kappa shape index (κ2) is 11.4. The van der Waals surface area contributed by atoms with Crippen LogP contribution in [0.25, 0.3) is 5.52 Å². The van der Waals surface area contributed by atoms with Gasteiger partial charge in [-0.05, 0) is 51.5 Å². The first kappa shape index (κ1) is 27.2. The molecule has 0 bridgehead atoms. The van der Waals surface area contributed by atoms with Gasteiger partial charge >= 0.3 is 0 Å². The van der Waals surface area contributed by atoms with Crippen molar-refractivity contribution in [2.24, 2.45) is 10.9 Å². The van der Waals surface area contributed by atoms with E-state index in [2.05, 4.69) is 26.5 Å². The van der Waals surface area contributed by atoms with Crippen molar-refractivity contribution >= 4 is 28.9 Å². The smallest absolute Gasteiger partial charge is 0.255 e. The number of allylic oxidation sites excluding steroid dienone is 1. The number of rotatable bonds is 6. The Labute approximate surface area is 228 Å². The van der Waals surface area contributed by atoms with Crippen LogP contribution in [-0.2, 0) is 14.3 Å². The molecule has 2 aromatic rings. The summed E-state index contributed by atoms with van der Waals surface area (Å²) >= 11 is 0. The van der Waals surface area contributed by atoms with Gasteiger partial charge in [-0.1, -0.05) is 5.57 Å². The third kappa shape index (κ3) is 5.54. The Balaban J connectivity index is 1.49. The van der Waals surface area contributed by atoms with Crippen molar-refractivity contribution in [3.63, 3.8) is 0 Å². The zero-order valence-electron chi connectivity index (χ0n) is 23.2. The second-order valence-electron chi connectivity index (χ2n) is 10.6. The maximum Gasteiger partial charge on any atom is 0.255 e. The van der Waals surface area contributed by atoms with E-state index in [1.54, 1.807) is 6.92 Å². The average Bonchev–Trinajstić information content (AvgIpc) is 3.36. The predicted molar refractivity (Wildman–Crippen MR) is 147 cm³/mol. The number of nitrogens with one attached hydrogen (secondary N) is 1. The number of amides is 3. The van der Waals surface area contributed by atoms with Gasteiger partial charge in [-0.2, -0.15) is 0 Å². The summed E-state index contributed by atoms with van der Waals surface area (Å²) < 4.78 is 13.0. The number of dihydropyridines is 1. The molecule has 2 unspecified atom stereocenters. The normalized spacial score (nSPS) is 21.5. The van der Waals surface area contributed by atoms with Crippen LogP contribution < -0.4 is 5.32 Å². The molecule has 5 rings (SSSR count). The first-order valence-corrected chi connectivity index (χ1v) is 13.6.